The van der Waals surface area contributed by atoms with E-state index in [0.29, 0.717) is 48.0 Å². The number of nitrogens with zero attached hydrogens (tertiary/aromatic N) is 6. The highest BCUT2D eigenvalue weighted by Gasteiger charge is 2.48. The lowest BCUT2D eigenvalue weighted by atomic mass is 9.98. The minimum absolute atomic E-state index is 0.00292. The topological polar surface area (TPSA) is 153 Å². The zero-order valence-corrected chi connectivity index (χ0v) is 26.3. The maximum absolute atomic E-state index is 13.7. The van der Waals surface area contributed by atoms with Crippen molar-refractivity contribution in [2.45, 2.75) is 18.4 Å². The van der Waals surface area contributed by atoms with Crippen LogP contribution in [0.25, 0.3) is 39.1 Å². The predicted octanol–water partition coefficient (Wildman–Crippen LogP) is 3.60. The van der Waals surface area contributed by atoms with Crippen molar-refractivity contribution in [1.82, 2.24) is 30.0 Å². The second-order valence-corrected chi connectivity index (χ2v) is 11.9. The Hall–Kier alpha value is -5.50. The average molecular weight is 647 g/mol. The van der Waals surface area contributed by atoms with Gasteiger partial charge in [-0.3, -0.25) is 19.6 Å². The van der Waals surface area contributed by atoms with Crippen molar-refractivity contribution >= 4 is 34.0 Å². The second-order valence-electron chi connectivity index (χ2n) is 11.9. The molecule has 2 aliphatic rings. The molecule has 3 aromatic heterocycles. The van der Waals surface area contributed by atoms with Crippen LogP contribution in [0.3, 0.4) is 0 Å². The van der Waals surface area contributed by atoms with E-state index in [0.717, 1.165) is 34.0 Å². The van der Waals surface area contributed by atoms with Gasteiger partial charge in [-0.15, -0.1) is 0 Å². The molecule has 0 spiro atoms. The van der Waals surface area contributed by atoms with E-state index in [4.69, 9.17) is 9.78 Å². The second kappa shape index (κ2) is 13.3. The Kier molecular flexibility index (Phi) is 8.63. The van der Waals surface area contributed by atoms with Gasteiger partial charge in [0.25, 0.3) is 5.91 Å². The summed E-state index contributed by atoms with van der Waals surface area (Å²) in [5.41, 5.74) is 4.74. The normalized spacial score (nSPS) is 18.2. The van der Waals surface area contributed by atoms with Crippen LogP contribution in [0.2, 0.25) is 0 Å². The molecule has 2 aromatic carbocycles. The fourth-order valence-corrected chi connectivity index (χ4v) is 6.30. The van der Waals surface area contributed by atoms with Gasteiger partial charge in [-0.25, -0.2) is 19.7 Å². The van der Waals surface area contributed by atoms with Crippen molar-refractivity contribution in [2.75, 3.05) is 45.2 Å². The molecule has 2 amide bonds. The number of hydrogen-bond donors (Lipinski definition) is 2. The number of rotatable bonds is 9. The number of amides is 2. The first kappa shape index (κ1) is 31.1. The summed E-state index contributed by atoms with van der Waals surface area (Å²) >= 11 is 0. The minimum atomic E-state index is -1.30. The standard InChI is InChI=1S/C35H34N8O5/c1-47-48-35(34(45)38-28-7-8-30-29(21-28)32(40-39-30)26-11-18-43(46)19-12-26)13-20-41(23-35)22-31(44)42-16-9-25(10-17-42)24-3-5-27(6-4-24)33-36-14-2-15-37-33/h2-9,11-12,14-15,18-19,21H,10,13,16-17,20,22-23H2,1H3,(H,38,45)(H,39,40)/t35-/m0/s1. The Morgan fingerprint density at radius 3 is 2.52 bits per heavy atom. The van der Waals surface area contributed by atoms with E-state index in [1.807, 2.05) is 34.1 Å². The van der Waals surface area contributed by atoms with Crippen LogP contribution in [-0.4, -0.2) is 87.2 Å². The zero-order valence-electron chi connectivity index (χ0n) is 26.3. The molecule has 244 valence electrons. The molecule has 0 saturated carbocycles. The first-order valence-electron chi connectivity index (χ1n) is 15.7. The molecule has 1 fully saturated rings. The van der Waals surface area contributed by atoms with Gasteiger partial charge in [0.05, 0.1) is 19.2 Å². The van der Waals surface area contributed by atoms with E-state index in [-0.39, 0.29) is 24.9 Å². The number of pyridine rings is 1. The Morgan fingerprint density at radius 2 is 1.79 bits per heavy atom. The number of carbonyl (C=O) groups excluding carboxylic acids is 2. The molecule has 1 saturated heterocycles. The van der Waals surface area contributed by atoms with Crippen molar-refractivity contribution in [3.63, 3.8) is 0 Å². The molecule has 0 unspecified atom stereocenters. The number of carbonyl (C=O) groups is 2. The van der Waals surface area contributed by atoms with Crippen molar-refractivity contribution in [3.8, 4) is 22.6 Å². The number of nitrogens with one attached hydrogen (secondary N) is 2. The highest BCUT2D eigenvalue weighted by Crippen LogP contribution is 2.31. The largest absolute Gasteiger partial charge is 0.619 e. The van der Waals surface area contributed by atoms with Crippen LogP contribution in [0.15, 0.2) is 91.5 Å². The zero-order chi connectivity index (χ0) is 33.1. The van der Waals surface area contributed by atoms with Gasteiger partial charge in [-0.1, -0.05) is 30.3 Å². The van der Waals surface area contributed by atoms with Gasteiger partial charge >= 0.3 is 0 Å². The van der Waals surface area contributed by atoms with Crippen LogP contribution < -0.4 is 10.0 Å². The van der Waals surface area contributed by atoms with E-state index in [2.05, 4.69) is 43.7 Å². The number of aromatic amines is 1. The van der Waals surface area contributed by atoms with Crippen LogP contribution in [0, 0.1) is 5.21 Å². The summed E-state index contributed by atoms with van der Waals surface area (Å²) in [6.07, 6.45) is 9.47. The van der Waals surface area contributed by atoms with E-state index < -0.39 is 5.60 Å². The molecule has 7 rings (SSSR count). The summed E-state index contributed by atoms with van der Waals surface area (Å²) in [6, 6.07) is 18.8. The first-order chi connectivity index (χ1) is 23.4. The third-order valence-electron chi connectivity index (χ3n) is 8.86. The number of fused-ring (bicyclic) bond motifs is 1. The van der Waals surface area contributed by atoms with Crippen LogP contribution >= 0.6 is 0 Å². The molecule has 13 heteroatoms. The molecule has 1 atom stereocenters. The molecule has 0 radical (unpaired) electrons. The van der Waals surface area contributed by atoms with Gasteiger partial charge in [0.2, 0.25) is 5.91 Å². The molecule has 0 aliphatic carbocycles. The summed E-state index contributed by atoms with van der Waals surface area (Å²) in [6.45, 7) is 1.99. The van der Waals surface area contributed by atoms with Crippen LogP contribution in [0.1, 0.15) is 18.4 Å². The lowest BCUT2D eigenvalue weighted by Gasteiger charge is -2.29. The highest BCUT2D eigenvalue weighted by atomic mass is 17.2. The lowest BCUT2D eigenvalue weighted by Crippen LogP contribution is -2.49. The van der Waals surface area contributed by atoms with Gasteiger partial charge in [0.1, 0.15) is 5.69 Å². The van der Waals surface area contributed by atoms with Crippen molar-refractivity contribution in [1.29, 1.82) is 0 Å². The molecular weight excluding hydrogens is 612 g/mol. The molecular formula is C35H34N8O5. The number of likely N-dealkylation sites (tertiary alicyclic amines) is 1. The van der Waals surface area contributed by atoms with Crippen molar-refractivity contribution < 1.29 is 24.1 Å². The number of H-pyrrole nitrogens is 1. The SMILES string of the molecule is COO[C@@]1(C(=O)Nc2ccc3[nH]nc(-c4cc[n+]([O-])cc4)c3c2)CCN(CC(=O)N2CC=C(c3ccc(-c4ncccn4)cc3)CC2)C1. The number of aromatic nitrogens is 5. The lowest BCUT2D eigenvalue weighted by molar-refractivity contribution is -0.605. The Bertz CT molecular complexity index is 1960. The summed E-state index contributed by atoms with van der Waals surface area (Å²) < 4.78 is 0.709. The summed E-state index contributed by atoms with van der Waals surface area (Å²) in [5.74, 6) is 0.315. The first-order valence-corrected chi connectivity index (χ1v) is 15.7. The highest BCUT2D eigenvalue weighted by molar-refractivity contribution is 6.01. The third-order valence-corrected chi connectivity index (χ3v) is 8.86. The maximum Gasteiger partial charge on any atom is 0.261 e. The number of hydrogen-bond acceptors (Lipinski definition) is 9. The van der Waals surface area contributed by atoms with Crippen LogP contribution in [0.4, 0.5) is 5.69 Å². The number of anilines is 1. The van der Waals surface area contributed by atoms with E-state index in [1.165, 1.54) is 25.1 Å². The Labute approximate surface area is 276 Å². The maximum atomic E-state index is 13.7. The van der Waals surface area contributed by atoms with Gasteiger partial charge in [-0.2, -0.15) is 9.83 Å². The van der Waals surface area contributed by atoms with Crippen LogP contribution in [-0.2, 0) is 19.4 Å². The Balaban J connectivity index is 0.974. The summed E-state index contributed by atoms with van der Waals surface area (Å²) in [7, 11) is 1.37. The quantitative estimate of drug-likeness (QED) is 0.106. The van der Waals surface area contributed by atoms with E-state index in [9.17, 15) is 14.8 Å². The fourth-order valence-electron chi connectivity index (χ4n) is 6.30. The fraction of sp³-hybridized carbons (Fsp3) is 0.257. The van der Waals surface area contributed by atoms with Gasteiger partial charge in [0.15, 0.2) is 23.8 Å². The van der Waals surface area contributed by atoms with E-state index >= 15 is 0 Å². The average Bonchev–Trinajstić information content (AvgIpc) is 3.74. The molecule has 13 nitrogen and oxygen atoms in total. The molecule has 48 heavy (non-hydrogen) atoms. The van der Waals surface area contributed by atoms with Gasteiger partial charge in [0, 0.05) is 79.3 Å². The smallest absolute Gasteiger partial charge is 0.261 e. The van der Waals surface area contributed by atoms with E-state index in [1.54, 1.807) is 36.7 Å². The molecule has 2 aliphatic heterocycles. The van der Waals surface area contributed by atoms with Crippen molar-refractivity contribution in [3.05, 3.63) is 102 Å². The third kappa shape index (κ3) is 6.38. The predicted molar refractivity (Wildman–Crippen MR) is 178 cm³/mol. The molecule has 5 heterocycles. The molecule has 5 aromatic rings. The summed E-state index contributed by atoms with van der Waals surface area (Å²) in [5, 5.41) is 22.6. The van der Waals surface area contributed by atoms with Gasteiger partial charge in [-0.05, 0) is 41.8 Å². The number of benzene rings is 2. The van der Waals surface area contributed by atoms with Crippen LogP contribution in [0.5, 0.6) is 0 Å². The summed E-state index contributed by atoms with van der Waals surface area (Å²) in [4.78, 5) is 50.1. The Morgan fingerprint density at radius 1 is 1.02 bits per heavy atom. The minimum Gasteiger partial charge on any atom is -0.619 e. The van der Waals surface area contributed by atoms with Gasteiger partial charge < -0.3 is 15.4 Å². The monoisotopic (exact) mass is 646 g/mol. The van der Waals surface area contributed by atoms with Crippen molar-refractivity contribution in [2.24, 2.45) is 0 Å². The molecule has 0 bridgehead atoms. The molecule has 2 N–H and O–H groups in total.